The second-order valence-corrected chi connectivity index (χ2v) is 5.73. The van der Waals surface area contributed by atoms with Crippen LogP contribution in [0.5, 0.6) is 5.75 Å². The number of hydrogen-bond donors (Lipinski definition) is 1. The molecular weight excluding hydrogens is 302 g/mol. The van der Waals surface area contributed by atoms with Gasteiger partial charge in [0.1, 0.15) is 0 Å². The molecule has 0 saturated heterocycles. The fraction of sp³-hybridized carbons (Fsp3) is 0.100. The number of para-hydroxylation sites is 1. The molecule has 0 radical (unpaired) electrons. The summed E-state index contributed by atoms with van der Waals surface area (Å²) in [7, 11) is 0. The van der Waals surface area contributed by atoms with Gasteiger partial charge in [0.05, 0.1) is 16.8 Å². The van der Waals surface area contributed by atoms with Gasteiger partial charge in [-0.05, 0) is 37.6 Å². The van der Waals surface area contributed by atoms with Crippen molar-refractivity contribution < 1.29 is 15.0 Å². The molecule has 0 atom stereocenters. The van der Waals surface area contributed by atoms with Crippen LogP contribution in [0.15, 0.2) is 42.5 Å². The summed E-state index contributed by atoms with van der Waals surface area (Å²) in [4.78, 5) is 16.0. The maximum absolute atomic E-state index is 11.8. The van der Waals surface area contributed by atoms with Crippen LogP contribution in [0.4, 0.5) is 0 Å². The van der Waals surface area contributed by atoms with Crippen molar-refractivity contribution in [3.63, 3.8) is 0 Å². The third-order valence-corrected chi connectivity index (χ3v) is 3.90. The van der Waals surface area contributed by atoms with E-state index in [4.69, 9.17) is 0 Å². The first-order valence-electron chi connectivity index (χ1n) is 7.55. The molecule has 0 aliphatic carbocycles. The first kappa shape index (κ1) is 15.7. The molecule has 2 aromatic carbocycles. The van der Waals surface area contributed by atoms with Crippen LogP contribution in [0, 0.1) is 13.8 Å². The highest BCUT2D eigenvalue weighted by Crippen LogP contribution is 2.23. The van der Waals surface area contributed by atoms with Crippen LogP contribution >= 0.6 is 0 Å². The van der Waals surface area contributed by atoms with Crippen LogP contribution in [0.3, 0.4) is 0 Å². The number of nitrogens with zero attached hydrogens (tertiary/aromatic N) is 1. The molecule has 0 spiro atoms. The molecule has 4 heteroatoms. The molecule has 4 nitrogen and oxygen atoms in total. The van der Waals surface area contributed by atoms with Crippen molar-refractivity contribution in [2.45, 2.75) is 13.8 Å². The van der Waals surface area contributed by atoms with Gasteiger partial charge in [-0.25, -0.2) is 9.78 Å². The molecule has 24 heavy (non-hydrogen) atoms. The van der Waals surface area contributed by atoms with E-state index in [1.807, 2.05) is 24.3 Å². The molecule has 1 aromatic heterocycles. The second kappa shape index (κ2) is 6.16. The summed E-state index contributed by atoms with van der Waals surface area (Å²) < 4.78 is 0. The summed E-state index contributed by atoms with van der Waals surface area (Å²) in [5.74, 6) is -0.935. The molecular formula is C20H16NO3-. The Morgan fingerprint density at radius 1 is 1.08 bits per heavy atom. The zero-order chi connectivity index (χ0) is 17.3. The van der Waals surface area contributed by atoms with Crippen molar-refractivity contribution in [3.05, 3.63) is 70.4 Å². The molecule has 0 aliphatic heterocycles. The number of carboxylic acid groups (broad SMARTS) is 1. The number of fused-ring (bicyclic) bond motifs is 1. The summed E-state index contributed by atoms with van der Waals surface area (Å²) in [5, 5.41) is 21.8. The maximum atomic E-state index is 11.8. The van der Waals surface area contributed by atoms with Gasteiger partial charge in [0.15, 0.2) is 0 Å². The minimum atomic E-state index is -0.981. The molecule has 0 saturated carbocycles. The number of carboxylic acids is 1. The second-order valence-electron chi connectivity index (χ2n) is 5.73. The largest absolute Gasteiger partial charge is 0.872 e. The average Bonchev–Trinajstić information content (AvgIpc) is 2.56. The zero-order valence-corrected chi connectivity index (χ0v) is 13.4. The van der Waals surface area contributed by atoms with Gasteiger partial charge in [-0.2, -0.15) is 0 Å². The zero-order valence-electron chi connectivity index (χ0n) is 13.4. The van der Waals surface area contributed by atoms with Gasteiger partial charge in [-0.3, -0.25) is 0 Å². The van der Waals surface area contributed by atoms with Gasteiger partial charge in [0, 0.05) is 5.39 Å². The van der Waals surface area contributed by atoms with Crippen molar-refractivity contribution in [3.8, 4) is 5.75 Å². The molecule has 0 fully saturated rings. The molecule has 0 bridgehead atoms. The highest BCUT2D eigenvalue weighted by Gasteiger charge is 2.10. The van der Waals surface area contributed by atoms with Gasteiger partial charge in [-0.1, -0.05) is 47.5 Å². The number of aromatic carboxylic acids is 1. The molecule has 3 rings (SSSR count). The Morgan fingerprint density at radius 2 is 1.75 bits per heavy atom. The highest BCUT2D eigenvalue weighted by atomic mass is 16.4. The maximum Gasteiger partial charge on any atom is 0.336 e. The van der Waals surface area contributed by atoms with E-state index in [0.29, 0.717) is 27.7 Å². The number of benzene rings is 2. The first-order chi connectivity index (χ1) is 11.5. The van der Waals surface area contributed by atoms with Crippen LogP contribution in [-0.4, -0.2) is 16.1 Å². The third-order valence-electron chi connectivity index (χ3n) is 3.90. The smallest absolute Gasteiger partial charge is 0.336 e. The first-order valence-corrected chi connectivity index (χ1v) is 7.55. The quantitative estimate of drug-likeness (QED) is 0.797. The van der Waals surface area contributed by atoms with E-state index in [2.05, 4.69) is 4.98 Å². The standard InChI is InChI=1S/C20H17NO3/c1-12-9-14(10-13(2)19(12)22)7-8-15-11-17(20(23)24)16-5-3-4-6-18(16)21-15/h3-11,22H,1-2H3,(H,23,24)/p-1/b8-7+. The average molecular weight is 318 g/mol. The Kier molecular flexibility index (Phi) is 4.04. The van der Waals surface area contributed by atoms with Gasteiger partial charge < -0.3 is 10.2 Å². The summed E-state index contributed by atoms with van der Waals surface area (Å²) in [6.45, 7) is 3.56. The molecule has 0 aliphatic rings. The number of aryl methyl sites for hydroxylation is 2. The van der Waals surface area contributed by atoms with Crippen molar-refractivity contribution in [2.75, 3.05) is 0 Å². The SMILES string of the molecule is Cc1cc(/C=C/c2cc(C(=O)O)c3ccccc3n2)cc(C)c1[O-]. The van der Waals surface area contributed by atoms with Gasteiger partial charge in [0.2, 0.25) is 0 Å². The fourth-order valence-corrected chi connectivity index (χ4v) is 2.72. The van der Waals surface area contributed by atoms with Gasteiger partial charge in [-0.15, -0.1) is 5.75 Å². The van der Waals surface area contributed by atoms with E-state index in [9.17, 15) is 15.0 Å². The van der Waals surface area contributed by atoms with Crippen molar-refractivity contribution >= 4 is 29.0 Å². The lowest BCUT2D eigenvalue weighted by atomic mass is 10.0. The van der Waals surface area contributed by atoms with Gasteiger partial charge in [0.25, 0.3) is 0 Å². The highest BCUT2D eigenvalue weighted by molar-refractivity contribution is 6.03. The normalized spacial score (nSPS) is 11.2. The van der Waals surface area contributed by atoms with Crippen LogP contribution in [0.1, 0.15) is 32.7 Å². The van der Waals surface area contributed by atoms with E-state index >= 15 is 0 Å². The van der Waals surface area contributed by atoms with Crippen LogP contribution < -0.4 is 5.11 Å². The number of pyridine rings is 1. The summed E-state index contributed by atoms with van der Waals surface area (Å²) >= 11 is 0. The summed E-state index contributed by atoms with van der Waals surface area (Å²) in [6, 6.07) is 12.3. The van der Waals surface area contributed by atoms with Crippen molar-refractivity contribution in [1.82, 2.24) is 4.98 Å². The lowest BCUT2D eigenvalue weighted by Crippen LogP contribution is -2.00. The predicted octanol–water partition coefficient (Wildman–Crippen LogP) is 3.79. The number of hydrogen-bond acceptors (Lipinski definition) is 3. The van der Waals surface area contributed by atoms with Crippen LogP contribution in [0.2, 0.25) is 0 Å². The van der Waals surface area contributed by atoms with E-state index in [-0.39, 0.29) is 11.3 Å². The minimum absolute atomic E-state index is 0.0455. The van der Waals surface area contributed by atoms with E-state index < -0.39 is 5.97 Å². The van der Waals surface area contributed by atoms with Crippen molar-refractivity contribution in [1.29, 1.82) is 0 Å². The molecule has 1 heterocycles. The van der Waals surface area contributed by atoms with Crippen LogP contribution in [0.25, 0.3) is 23.1 Å². The Balaban J connectivity index is 2.05. The third kappa shape index (κ3) is 2.99. The molecule has 0 amide bonds. The van der Waals surface area contributed by atoms with E-state index in [1.54, 1.807) is 44.2 Å². The molecule has 0 unspecified atom stereocenters. The van der Waals surface area contributed by atoms with E-state index in [1.165, 1.54) is 0 Å². The monoisotopic (exact) mass is 318 g/mol. The molecule has 120 valence electrons. The number of carbonyl (C=O) groups is 1. The Bertz CT molecular complexity index is 951. The predicted molar refractivity (Wildman–Crippen MR) is 93.0 cm³/mol. The molecule has 1 N–H and O–H groups in total. The Labute approximate surface area is 139 Å². The summed E-state index contributed by atoms with van der Waals surface area (Å²) in [6.07, 6.45) is 3.60. The lowest BCUT2D eigenvalue weighted by molar-refractivity contribution is -0.270. The molecule has 3 aromatic rings. The van der Waals surface area contributed by atoms with Crippen LogP contribution in [-0.2, 0) is 0 Å². The van der Waals surface area contributed by atoms with E-state index in [0.717, 1.165) is 5.56 Å². The lowest BCUT2D eigenvalue weighted by Gasteiger charge is -2.14. The topological polar surface area (TPSA) is 73.2 Å². The number of rotatable bonds is 3. The summed E-state index contributed by atoms with van der Waals surface area (Å²) in [5.41, 5.74) is 3.69. The van der Waals surface area contributed by atoms with Crippen molar-refractivity contribution in [2.24, 2.45) is 0 Å². The Morgan fingerprint density at radius 3 is 2.42 bits per heavy atom. The van der Waals surface area contributed by atoms with Gasteiger partial charge >= 0.3 is 5.97 Å². The fourth-order valence-electron chi connectivity index (χ4n) is 2.72. The Hall–Kier alpha value is -3.14. The number of aromatic nitrogens is 1. The minimum Gasteiger partial charge on any atom is -0.872 e.